The molecule has 0 spiro atoms. The van der Waals surface area contributed by atoms with Gasteiger partial charge >= 0.3 is 0 Å². The van der Waals surface area contributed by atoms with Gasteiger partial charge in [0.1, 0.15) is 5.01 Å². The van der Waals surface area contributed by atoms with Gasteiger partial charge in [0.2, 0.25) is 5.13 Å². The van der Waals surface area contributed by atoms with Gasteiger partial charge in [-0.15, -0.1) is 10.2 Å². The molecule has 0 saturated heterocycles. The maximum Gasteiger partial charge on any atom is 0.260 e. The van der Waals surface area contributed by atoms with Crippen LogP contribution >= 0.6 is 22.9 Å². The van der Waals surface area contributed by atoms with Crippen LogP contribution in [0.1, 0.15) is 34.9 Å². The lowest BCUT2D eigenvalue weighted by Crippen LogP contribution is -2.12. The molecule has 0 aromatic carbocycles. The number of rotatable bonds is 4. The summed E-state index contributed by atoms with van der Waals surface area (Å²) in [6, 6.07) is 1.65. The van der Waals surface area contributed by atoms with Crippen molar-refractivity contribution in [3.63, 3.8) is 0 Å². The van der Waals surface area contributed by atoms with E-state index in [0.29, 0.717) is 21.6 Å². The van der Waals surface area contributed by atoms with Gasteiger partial charge < -0.3 is 0 Å². The van der Waals surface area contributed by atoms with Crippen LogP contribution in [-0.2, 0) is 6.42 Å². The Labute approximate surface area is 126 Å². The summed E-state index contributed by atoms with van der Waals surface area (Å²) in [5, 5.41) is 12.5. The molecule has 0 aliphatic carbocycles. The van der Waals surface area contributed by atoms with Gasteiger partial charge in [-0.05, 0) is 18.9 Å². The molecule has 0 atom stereocenters. The van der Waals surface area contributed by atoms with E-state index in [4.69, 9.17) is 11.6 Å². The number of aromatic nitrogens is 3. The second kappa shape index (κ2) is 6.28. The number of pyridine rings is 1. The van der Waals surface area contributed by atoms with Crippen LogP contribution in [0.2, 0.25) is 5.02 Å². The van der Waals surface area contributed by atoms with Gasteiger partial charge in [0.25, 0.3) is 5.91 Å². The fourth-order valence-corrected chi connectivity index (χ4v) is 2.83. The van der Waals surface area contributed by atoms with E-state index < -0.39 is 0 Å². The fourth-order valence-electron chi connectivity index (χ4n) is 1.59. The van der Waals surface area contributed by atoms with Crippen molar-refractivity contribution in [1.82, 2.24) is 15.2 Å². The van der Waals surface area contributed by atoms with Crippen molar-refractivity contribution in [1.29, 1.82) is 0 Å². The molecule has 0 fully saturated rings. The molecule has 0 aliphatic heterocycles. The van der Waals surface area contributed by atoms with E-state index in [9.17, 15) is 4.79 Å². The zero-order chi connectivity index (χ0) is 14.7. The molecule has 1 amide bonds. The van der Waals surface area contributed by atoms with Crippen LogP contribution in [0, 0.1) is 12.8 Å². The van der Waals surface area contributed by atoms with E-state index in [-0.39, 0.29) is 5.91 Å². The second-order valence-electron chi connectivity index (χ2n) is 4.86. The summed E-state index contributed by atoms with van der Waals surface area (Å²) in [5.41, 5.74) is 1.10. The third-order valence-electron chi connectivity index (χ3n) is 2.51. The smallest absolute Gasteiger partial charge is 0.260 e. The van der Waals surface area contributed by atoms with E-state index >= 15 is 0 Å². The maximum atomic E-state index is 12.1. The van der Waals surface area contributed by atoms with Crippen LogP contribution in [0.4, 0.5) is 5.13 Å². The van der Waals surface area contributed by atoms with Gasteiger partial charge in [0.05, 0.1) is 10.6 Å². The highest BCUT2D eigenvalue weighted by Gasteiger charge is 2.14. The number of halogens is 1. The first-order chi connectivity index (χ1) is 9.45. The first-order valence-corrected chi connectivity index (χ1v) is 7.41. The van der Waals surface area contributed by atoms with Gasteiger partial charge in [-0.25, -0.2) is 0 Å². The van der Waals surface area contributed by atoms with Crippen LogP contribution in [0.5, 0.6) is 0 Å². The average Bonchev–Trinajstić information content (AvgIpc) is 2.75. The maximum absolute atomic E-state index is 12.1. The lowest BCUT2D eigenvalue weighted by molar-refractivity contribution is 0.102. The van der Waals surface area contributed by atoms with E-state index in [1.807, 2.05) is 6.92 Å². The molecule has 2 rings (SSSR count). The van der Waals surface area contributed by atoms with Crippen molar-refractivity contribution in [3.8, 4) is 0 Å². The lowest BCUT2D eigenvalue weighted by Gasteiger charge is -2.03. The molecule has 0 aliphatic rings. The highest BCUT2D eigenvalue weighted by molar-refractivity contribution is 7.15. The number of carbonyl (C=O) groups is 1. The normalized spacial score (nSPS) is 10.8. The predicted molar refractivity (Wildman–Crippen MR) is 80.4 cm³/mol. The van der Waals surface area contributed by atoms with Crippen molar-refractivity contribution in [2.45, 2.75) is 27.2 Å². The molecule has 0 radical (unpaired) electrons. The van der Waals surface area contributed by atoms with E-state index in [2.05, 4.69) is 34.3 Å². The Balaban J connectivity index is 2.09. The molecule has 106 valence electrons. The Kier molecular flexibility index (Phi) is 4.67. The number of hydrogen-bond acceptors (Lipinski definition) is 5. The minimum Gasteiger partial charge on any atom is -0.296 e. The third-order valence-corrected chi connectivity index (χ3v) is 3.68. The first-order valence-electron chi connectivity index (χ1n) is 6.21. The van der Waals surface area contributed by atoms with Crippen molar-refractivity contribution < 1.29 is 4.79 Å². The largest absolute Gasteiger partial charge is 0.296 e. The summed E-state index contributed by atoms with van der Waals surface area (Å²) in [7, 11) is 0. The van der Waals surface area contributed by atoms with Crippen LogP contribution in [0.3, 0.4) is 0 Å². The van der Waals surface area contributed by atoms with E-state index in [1.165, 1.54) is 17.5 Å². The molecular formula is C13H15ClN4OS. The van der Waals surface area contributed by atoms with Crippen LogP contribution < -0.4 is 5.32 Å². The molecule has 20 heavy (non-hydrogen) atoms. The SMILES string of the molecule is Cc1cc(Cl)c(C(=O)Nc2nnc(CC(C)C)s2)cn1. The molecule has 2 heterocycles. The molecule has 7 heteroatoms. The number of nitrogens with one attached hydrogen (secondary N) is 1. The molecule has 0 unspecified atom stereocenters. The van der Waals surface area contributed by atoms with E-state index in [0.717, 1.165) is 17.1 Å². The second-order valence-corrected chi connectivity index (χ2v) is 6.33. The van der Waals surface area contributed by atoms with Crippen LogP contribution in [0.15, 0.2) is 12.3 Å². The zero-order valence-corrected chi connectivity index (χ0v) is 13.0. The molecule has 0 saturated carbocycles. The summed E-state index contributed by atoms with van der Waals surface area (Å²) in [5.74, 6) is 0.178. The number of aryl methyl sites for hydroxylation is 1. The first kappa shape index (κ1) is 14.9. The van der Waals surface area contributed by atoms with Gasteiger partial charge in [-0.3, -0.25) is 15.1 Å². The topological polar surface area (TPSA) is 67.8 Å². The van der Waals surface area contributed by atoms with Crippen molar-refractivity contribution in [2.24, 2.45) is 5.92 Å². The van der Waals surface area contributed by atoms with Gasteiger partial charge in [-0.2, -0.15) is 0 Å². The monoisotopic (exact) mass is 310 g/mol. The van der Waals surface area contributed by atoms with Gasteiger partial charge in [-0.1, -0.05) is 36.8 Å². The van der Waals surface area contributed by atoms with Crippen molar-refractivity contribution in [3.05, 3.63) is 33.6 Å². The minimum atomic E-state index is -0.324. The molecule has 0 bridgehead atoms. The fraction of sp³-hybridized carbons (Fsp3) is 0.385. The Morgan fingerprint density at radius 1 is 1.45 bits per heavy atom. The average molecular weight is 311 g/mol. The minimum absolute atomic E-state index is 0.324. The highest BCUT2D eigenvalue weighted by atomic mass is 35.5. The van der Waals surface area contributed by atoms with Crippen molar-refractivity contribution >= 4 is 34.0 Å². The summed E-state index contributed by atoms with van der Waals surface area (Å²) in [6.45, 7) is 6.03. The number of nitrogens with zero attached hydrogens (tertiary/aromatic N) is 3. The van der Waals surface area contributed by atoms with Crippen molar-refractivity contribution in [2.75, 3.05) is 5.32 Å². The highest BCUT2D eigenvalue weighted by Crippen LogP contribution is 2.21. The standard InChI is InChI=1S/C13H15ClN4OS/c1-7(2)4-11-17-18-13(20-11)16-12(19)9-6-15-8(3)5-10(9)14/h5-7H,4H2,1-3H3,(H,16,18,19). The molecule has 2 aromatic heterocycles. The molecular weight excluding hydrogens is 296 g/mol. The lowest BCUT2D eigenvalue weighted by atomic mass is 10.1. The summed E-state index contributed by atoms with van der Waals surface area (Å²) < 4.78 is 0. The quantitative estimate of drug-likeness (QED) is 0.940. The van der Waals surface area contributed by atoms with Gasteiger partial charge in [0, 0.05) is 18.3 Å². The molecule has 1 N–H and O–H groups in total. The Morgan fingerprint density at radius 2 is 2.20 bits per heavy atom. The Hall–Kier alpha value is -1.53. The Morgan fingerprint density at radius 3 is 2.85 bits per heavy atom. The van der Waals surface area contributed by atoms with Crippen LogP contribution in [-0.4, -0.2) is 21.1 Å². The molecule has 5 nitrogen and oxygen atoms in total. The number of amides is 1. The predicted octanol–water partition coefficient (Wildman–Crippen LogP) is 3.35. The zero-order valence-electron chi connectivity index (χ0n) is 11.5. The summed E-state index contributed by atoms with van der Waals surface area (Å²) in [4.78, 5) is 16.2. The van der Waals surface area contributed by atoms with E-state index in [1.54, 1.807) is 6.07 Å². The molecule has 2 aromatic rings. The summed E-state index contributed by atoms with van der Waals surface area (Å²) in [6.07, 6.45) is 2.31. The van der Waals surface area contributed by atoms with Gasteiger partial charge in [0.15, 0.2) is 0 Å². The third kappa shape index (κ3) is 3.74. The number of hydrogen-bond donors (Lipinski definition) is 1. The van der Waals surface area contributed by atoms with Crippen LogP contribution in [0.25, 0.3) is 0 Å². The number of anilines is 1. The summed E-state index contributed by atoms with van der Waals surface area (Å²) >= 11 is 7.41. The Bertz CT molecular complexity index is 627. The number of carbonyl (C=O) groups excluding carboxylic acids is 1.